The molecule has 3 heterocycles. The van der Waals surface area contributed by atoms with Gasteiger partial charge < -0.3 is 19.7 Å². The molecule has 0 bridgehead atoms. The third-order valence-corrected chi connectivity index (χ3v) is 7.65. The summed E-state index contributed by atoms with van der Waals surface area (Å²) in [7, 11) is 0. The molecule has 8 heteroatoms. The second kappa shape index (κ2) is 8.53. The maximum absolute atomic E-state index is 13.3. The second-order valence-corrected chi connectivity index (χ2v) is 10.0. The summed E-state index contributed by atoms with van der Waals surface area (Å²) in [5, 5.41) is 3.08. The van der Waals surface area contributed by atoms with Crippen LogP contribution in [0.3, 0.4) is 0 Å². The maximum atomic E-state index is 13.3. The molecule has 0 aliphatic carbocycles. The highest BCUT2D eigenvalue weighted by Crippen LogP contribution is 2.57. The Morgan fingerprint density at radius 3 is 2.38 bits per heavy atom. The van der Waals surface area contributed by atoms with E-state index in [0.717, 1.165) is 43.8 Å². The van der Waals surface area contributed by atoms with Crippen molar-refractivity contribution in [2.75, 3.05) is 23.3 Å². The first-order chi connectivity index (χ1) is 18.8. The van der Waals surface area contributed by atoms with Gasteiger partial charge in [0.2, 0.25) is 0 Å². The van der Waals surface area contributed by atoms with Crippen LogP contribution in [-0.2, 0) is 16.5 Å². The SMILES string of the molecule is O=C1OC2(c3ccc(N4CCCC4)cc3Oc3ccc(Nc4cccc(C(F)(F)F)c4)cc32)c2ccccc21. The Morgan fingerprint density at radius 1 is 0.769 bits per heavy atom. The number of fused-ring (bicyclic) bond motifs is 6. The van der Waals surface area contributed by atoms with Crippen LogP contribution in [-0.4, -0.2) is 19.1 Å². The van der Waals surface area contributed by atoms with E-state index in [2.05, 4.69) is 10.2 Å². The van der Waals surface area contributed by atoms with Gasteiger partial charge in [-0.3, -0.25) is 0 Å². The number of carbonyl (C=O) groups is 1. The van der Waals surface area contributed by atoms with Gasteiger partial charge in [0.25, 0.3) is 0 Å². The van der Waals surface area contributed by atoms with Crippen LogP contribution in [0.4, 0.5) is 30.2 Å². The first kappa shape index (κ1) is 23.6. The minimum absolute atomic E-state index is 0.287. The molecule has 1 atom stereocenters. The van der Waals surface area contributed by atoms with Gasteiger partial charge in [0.1, 0.15) is 11.5 Å². The lowest BCUT2D eigenvalue weighted by Gasteiger charge is -2.37. The number of rotatable bonds is 3. The molecule has 1 spiro atoms. The molecule has 0 saturated carbocycles. The molecule has 0 radical (unpaired) electrons. The number of ether oxygens (including phenoxy) is 2. The highest BCUT2D eigenvalue weighted by atomic mass is 19.4. The molecule has 4 aromatic rings. The van der Waals surface area contributed by atoms with Crippen molar-refractivity contribution in [3.05, 3.63) is 113 Å². The lowest BCUT2D eigenvalue weighted by Crippen LogP contribution is -2.33. The molecule has 1 fully saturated rings. The fraction of sp³-hybridized carbons (Fsp3) is 0.194. The first-order valence-electron chi connectivity index (χ1n) is 12.8. The van der Waals surface area contributed by atoms with E-state index in [-0.39, 0.29) is 5.69 Å². The summed E-state index contributed by atoms with van der Waals surface area (Å²) in [4.78, 5) is 15.5. The molecule has 196 valence electrons. The Kier molecular flexibility index (Phi) is 5.17. The summed E-state index contributed by atoms with van der Waals surface area (Å²) in [6.45, 7) is 1.95. The third kappa shape index (κ3) is 3.73. The van der Waals surface area contributed by atoms with E-state index >= 15 is 0 Å². The van der Waals surface area contributed by atoms with E-state index in [4.69, 9.17) is 9.47 Å². The van der Waals surface area contributed by atoms with Crippen LogP contribution in [0.5, 0.6) is 11.5 Å². The van der Waals surface area contributed by atoms with Crippen molar-refractivity contribution in [2.24, 2.45) is 0 Å². The first-order valence-corrected chi connectivity index (χ1v) is 12.8. The van der Waals surface area contributed by atoms with Crippen LogP contribution in [0.2, 0.25) is 0 Å². The number of hydrogen-bond donors (Lipinski definition) is 1. The Bertz CT molecular complexity index is 1630. The van der Waals surface area contributed by atoms with Crippen molar-refractivity contribution in [1.82, 2.24) is 0 Å². The van der Waals surface area contributed by atoms with Gasteiger partial charge in [-0.1, -0.05) is 24.3 Å². The summed E-state index contributed by atoms with van der Waals surface area (Å²) in [5.41, 5.74) is 2.33. The van der Waals surface area contributed by atoms with Gasteiger partial charge >= 0.3 is 12.1 Å². The number of hydrogen-bond acceptors (Lipinski definition) is 5. The number of benzene rings is 4. The topological polar surface area (TPSA) is 50.8 Å². The lowest BCUT2D eigenvalue weighted by molar-refractivity contribution is -0.137. The van der Waals surface area contributed by atoms with E-state index in [1.165, 1.54) is 6.07 Å². The molecule has 4 aromatic carbocycles. The van der Waals surface area contributed by atoms with Crippen molar-refractivity contribution in [2.45, 2.75) is 24.6 Å². The smallest absolute Gasteiger partial charge is 0.416 e. The Morgan fingerprint density at radius 2 is 1.56 bits per heavy atom. The number of alkyl halides is 3. The van der Waals surface area contributed by atoms with E-state index < -0.39 is 23.3 Å². The maximum Gasteiger partial charge on any atom is 0.416 e. The minimum Gasteiger partial charge on any atom is -0.456 e. The van der Waals surface area contributed by atoms with Crippen LogP contribution >= 0.6 is 0 Å². The molecule has 7 rings (SSSR count). The van der Waals surface area contributed by atoms with Crippen LogP contribution in [0.25, 0.3) is 0 Å². The predicted octanol–water partition coefficient (Wildman–Crippen LogP) is 7.62. The Labute approximate surface area is 222 Å². The summed E-state index contributed by atoms with van der Waals surface area (Å²) < 4.78 is 52.5. The van der Waals surface area contributed by atoms with E-state index in [9.17, 15) is 18.0 Å². The zero-order chi connectivity index (χ0) is 26.8. The van der Waals surface area contributed by atoms with E-state index in [1.807, 2.05) is 30.3 Å². The molecule has 3 aliphatic heterocycles. The number of carbonyl (C=O) groups excluding carboxylic acids is 1. The summed E-state index contributed by atoms with van der Waals surface area (Å²) in [6, 6.07) is 23.5. The highest BCUT2D eigenvalue weighted by molar-refractivity contribution is 5.97. The summed E-state index contributed by atoms with van der Waals surface area (Å²) in [6.07, 6.45) is -2.18. The van der Waals surface area contributed by atoms with Crippen LogP contribution < -0.4 is 15.0 Å². The van der Waals surface area contributed by atoms with Crippen LogP contribution in [0.15, 0.2) is 84.9 Å². The minimum atomic E-state index is -4.45. The molecular weight excluding hydrogens is 505 g/mol. The number of nitrogens with zero attached hydrogens (tertiary/aromatic N) is 1. The Hall–Kier alpha value is -4.46. The van der Waals surface area contributed by atoms with Crippen molar-refractivity contribution in [3.63, 3.8) is 0 Å². The number of anilines is 3. The molecule has 3 aliphatic rings. The molecule has 1 saturated heterocycles. The summed E-state index contributed by atoms with van der Waals surface area (Å²) in [5.74, 6) is 0.680. The normalized spacial score (nSPS) is 19.3. The molecule has 0 amide bonds. The van der Waals surface area contributed by atoms with Crippen LogP contribution in [0.1, 0.15) is 45.5 Å². The number of halogens is 3. The van der Waals surface area contributed by atoms with Gasteiger partial charge in [0, 0.05) is 52.9 Å². The average Bonchev–Trinajstić information content (AvgIpc) is 3.57. The molecule has 1 N–H and O–H groups in total. The summed E-state index contributed by atoms with van der Waals surface area (Å²) >= 11 is 0. The predicted molar refractivity (Wildman–Crippen MR) is 141 cm³/mol. The Balaban J connectivity index is 1.37. The van der Waals surface area contributed by atoms with Crippen molar-refractivity contribution >= 4 is 23.0 Å². The molecule has 5 nitrogen and oxygen atoms in total. The molecule has 1 unspecified atom stereocenters. The quantitative estimate of drug-likeness (QED) is 0.277. The highest BCUT2D eigenvalue weighted by Gasteiger charge is 2.53. The number of esters is 1. The van der Waals surface area contributed by atoms with Gasteiger partial charge in [-0.15, -0.1) is 0 Å². The van der Waals surface area contributed by atoms with Gasteiger partial charge in [0.15, 0.2) is 5.60 Å². The third-order valence-electron chi connectivity index (χ3n) is 7.65. The number of nitrogens with one attached hydrogen (secondary N) is 1. The monoisotopic (exact) mass is 528 g/mol. The van der Waals surface area contributed by atoms with Gasteiger partial charge in [-0.05, 0) is 67.4 Å². The fourth-order valence-corrected chi connectivity index (χ4v) is 5.85. The lowest BCUT2D eigenvalue weighted by atomic mass is 9.77. The van der Waals surface area contributed by atoms with Crippen molar-refractivity contribution in [3.8, 4) is 11.5 Å². The standard InChI is InChI=1S/C31H23F3N2O3/c32-31(33,34)19-6-5-7-20(16-19)35-21-10-13-27-26(17-21)30(24-9-2-1-8-23(24)29(37)39-30)25-12-11-22(18-28(25)38-27)36-14-3-4-15-36/h1-2,5-13,16-18,35H,3-4,14-15H2. The zero-order valence-electron chi connectivity index (χ0n) is 20.7. The second-order valence-electron chi connectivity index (χ2n) is 10.0. The van der Waals surface area contributed by atoms with E-state index in [0.29, 0.717) is 39.4 Å². The van der Waals surface area contributed by atoms with Crippen molar-refractivity contribution < 1.29 is 27.4 Å². The van der Waals surface area contributed by atoms with Gasteiger partial charge in [-0.25, -0.2) is 4.79 Å². The van der Waals surface area contributed by atoms with E-state index in [1.54, 1.807) is 36.4 Å². The van der Waals surface area contributed by atoms with Crippen LogP contribution in [0, 0.1) is 0 Å². The van der Waals surface area contributed by atoms with Gasteiger partial charge in [-0.2, -0.15) is 13.2 Å². The molecule has 0 aromatic heterocycles. The fourth-order valence-electron chi connectivity index (χ4n) is 5.85. The van der Waals surface area contributed by atoms with Crippen molar-refractivity contribution in [1.29, 1.82) is 0 Å². The molecular formula is C31H23F3N2O3. The van der Waals surface area contributed by atoms with Gasteiger partial charge in [0.05, 0.1) is 11.1 Å². The molecule has 39 heavy (non-hydrogen) atoms. The zero-order valence-corrected chi connectivity index (χ0v) is 20.7. The largest absolute Gasteiger partial charge is 0.456 e. The average molecular weight is 529 g/mol.